The number of hydrogen-bond donors (Lipinski definition) is 0. The Morgan fingerprint density at radius 1 is 0.739 bits per heavy atom. The Balaban J connectivity index is 1.88. The molecule has 0 bridgehead atoms. The van der Waals surface area contributed by atoms with E-state index in [1.54, 1.807) is 43.2 Å². The standard InChI is InChI=1S/C20H24S2Si/c1-11-13(3)19(15-7-9-21-17(11)15)23(5,6)20-14(4)12(2)18-16(20)8-10-22-18/h7-10,19-20H,1-6H3. The zero-order valence-corrected chi connectivity index (χ0v) is 17.4. The lowest BCUT2D eigenvalue weighted by atomic mass is 10.1. The van der Waals surface area contributed by atoms with Crippen molar-refractivity contribution in [1.82, 2.24) is 0 Å². The molecule has 0 amide bonds. The molecule has 0 nitrogen and oxygen atoms in total. The first-order chi connectivity index (χ1) is 10.9. The lowest BCUT2D eigenvalue weighted by Crippen LogP contribution is -2.42. The van der Waals surface area contributed by atoms with Crippen molar-refractivity contribution in [2.45, 2.75) is 51.9 Å². The van der Waals surface area contributed by atoms with Gasteiger partial charge < -0.3 is 0 Å². The second kappa shape index (κ2) is 5.04. The molecule has 2 aromatic rings. The molecule has 0 aromatic carbocycles. The van der Waals surface area contributed by atoms with E-state index in [1.807, 2.05) is 22.7 Å². The van der Waals surface area contributed by atoms with Crippen LogP contribution in [-0.4, -0.2) is 8.07 Å². The van der Waals surface area contributed by atoms with Crippen LogP contribution < -0.4 is 0 Å². The van der Waals surface area contributed by atoms with Crippen LogP contribution >= 0.6 is 22.7 Å². The highest BCUT2D eigenvalue weighted by Crippen LogP contribution is 2.56. The average molecular weight is 357 g/mol. The van der Waals surface area contributed by atoms with E-state index in [9.17, 15) is 0 Å². The van der Waals surface area contributed by atoms with E-state index in [1.165, 1.54) is 0 Å². The lowest BCUT2D eigenvalue weighted by molar-refractivity contribution is 0.971. The minimum Gasteiger partial charge on any atom is -0.144 e. The molecule has 2 heterocycles. The van der Waals surface area contributed by atoms with Crippen molar-refractivity contribution in [3.63, 3.8) is 0 Å². The van der Waals surface area contributed by atoms with Crippen molar-refractivity contribution in [1.29, 1.82) is 0 Å². The third-order valence-electron chi connectivity index (χ3n) is 6.23. The molecule has 2 atom stereocenters. The highest BCUT2D eigenvalue weighted by Gasteiger charge is 2.48. The molecule has 0 spiro atoms. The Morgan fingerprint density at radius 2 is 1.13 bits per heavy atom. The number of rotatable bonds is 2. The average Bonchev–Trinajstić information content (AvgIpc) is 3.21. The highest BCUT2D eigenvalue weighted by atomic mass is 32.1. The predicted octanol–water partition coefficient (Wildman–Crippen LogP) is 7.08. The zero-order chi connectivity index (χ0) is 16.5. The second-order valence-corrected chi connectivity index (χ2v) is 14.3. The largest absolute Gasteiger partial charge is 0.144 e. The lowest BCUT2D eigenvalue weighted by Gasteiger charge is -2.38. The van der Waals surface area contributed by atoms with Gasteiger partial charge in [0.05, 0.1) is 8.07 Å². The monoisotopic (exact) mass is 356 g/mol. The highest BCUT2D eigenvalue weighted by molar-refractivity contribution is 7.12. The van der Waals surface area contributed by atoms with Crippen LogP contribution in [0.1, 0.15) is 59.7 Å². The number of allylic oxidation sites excluding steroid dienone is 4. The van der Waals surface area contributed by atoms with E-state index in [4.69, 9.17) is 0 Å². The van der Waals surface area contributed by atoms with Crippen LogP contribution in [0.25, 0.3) is 11.1 Å². The molecule has 0 saturated carbocycles. The topological polar surface area (TPSA) is 0 Å². The Labute approximate surface area is 148 Å². The molecular weight excluding hydrogens is 332 g/mol. The Morgan fingerprint density at radius 3 is 1.52 bits per heavy atom. The van der Waals surface area contributed by atoms with Gasteiger partial charge in [-0.25, -0.2) is 0 Å². The molecule has 0 fully saturated rings. The van der Waals surface area contributed by atoms with E-state index in [-0.39, 0.29) is 0 Å². The normalized spacial score (nSPS) is 23.7. The van der Waals surface area contributed by atoms with Crippen LogP contribution in [0.5, 0.6) is 0 Å². The fourth-order valence-corrected chi connectivity index (χ4v) is 12.4. The van der Waals surface area contributed by atoms with E-state index in [0.29, 0.717) is 11.1 Å². The summed E-state index contributed by atoms with van der Waals surface area (Å²) in [7, 11) is -1.58. The van der Waals surface area contributed by atoms with Crippen molar-refractivity contribution >= 4 is 41.9 Å². The third-order valence-corrected chi connectivity index (χ3v) is 12.8. The van der Waals surface area contributed by atoms with Crippen LogP contribution in [0.15, 0.2) is 34.0 Å². The van der Waals surface area contributed by atoms with Crippen molar-refractivity contribution < 1.29 is 0 Å². The number of hydrogen-bond acceptors (Lipinski definition) is 2. The Hall–Kier alpha value is -0.903. The molecular formula is C20H24S2Si. The quantitative estimate of drug-likeness (QED) is 0.504. The first-order valence-corrected chi connectivity index (χ1v) is 13.3. The van der Waals surface area contributed by atoms with Crippen LogP contribution in [-0.2, 0) is 0 Å². The summed E-state index contributed by atoms with van der Waals surface area (Å²) >= 11 is 3.86. The van der Waals surface area contributed by atoms with Gasteiger partial charge in [0.2, 0.25) is 0 Å². The Bertz CT molecular complexity index is 790. The van der Waals surface area contributed by atoms with Gasteiger partial charge in [0.1, 0.15) is 0 Å². The van der Waals surface area contributed by atoms with Crippen LogP contribution in [0.2, 0.25) is 13.1 Å². The number of fused-ring (bicyclic) bond motifs is 2. The summed E-state index contributed by atoms with van der Waals surface area (Å²) < 4.78 is 0. The molecule has 2 aromatic heterocycles. The van der Waals surface area contributed by atoms with Gasteiger partial charge in [0.25, 0.3) is 0 Å². The summed E-state index contributed by atoms with van der Waals surface area (Å²) in [4.78, 5) is 3.10. The zero-order valence-electron chi connectivity index (χ0n) is 14.8. The number of thiophene rings is 2. The smallest absolute Gasteiger partial charge is 0.0723 e. The summed E-state index contributed by atoms with van der Waals surface area (Å²) in [5, 5.41) is 4.58. The van der Waals surface area contributed by atoms with E-state index >= 15 is 0 Å². The van der Waals surface area contributed by atoms with E-state index < -0.39 is 8.07 Å². The summed E-state index contributed by atoms with van der Waals surface area (Å²) in [6.45, 7) is 14.7. The van der Waals surface area contributed by atoms with Crippen molar-refractivity contribution in [2.24, 2.45) is 0 Å². The summed E-state index contributed by atoms with van der Waals surface area (Å²) in [6.07, 6.45) is 0. The van der Waals surface area contributed by atoms with Crippen molar-refractivity contribution in [2.75, 3.05) is 0 Å². The summed E-state index contributed by atoms with van der Waals surface area (Å²) in [5.74, 6) is 0. The van der Waals surface area contributed by atoms with Gasteiger partial charge in [-0.2, -0.15) is 0 Å². The summed E-state index contributed by atoms with van der Waals surface area (Å²) in [5.41, 5.74) is 10.9. The molecule has 0 N–H and O–H groups in total. The third kappa shape index (κ3) is 1.93. The minimum absolute atomic E-state index is 0.669. The minimum atomic E-state index is -1.58. The Kier molecular flexibility index (Phi) is 3.42. The molecule has 2 aliphatic carbocycles. The van der Waals surface area contributed by atoms with Crippen molar-refractivity contribution in [3.05, 3.63) is 54.9 Å². The van der Waals surface area contributed by atoms with Crippen LogP contribution in [0.3, 0.4) is 0 Å². The van der Waals surface area contributed by atoms with Gasteiger partial charge >= 0.3 is 0 Å². The van der Waals surface area contributed by atoms with Gasteiger partial charge in [0.15, 0.2) is 0 Å². The van der Waals surface area contributed by atoms with E-state index in [0.717, 1.165) is 0 Å². The maximum absolute atomic E-state index is 2.62. The predicted molar refractivity (Wildman–Crippen MR) is 108 cm³/mol. The van der Waals surface area contributed by atoms with Gasteiger partial charge in [0, 0.05) is 20.8 Å². The first-order valence-electron chi connectivity index (χ1n) is 8.36. The van der Waals surface area contributed by atoms with Gasteiger partial charge in [-0.3, -0.25) is 0 Å². The van der Waals surface area contributed by atoms with Gasteiger partial charge in [-0.05, 0) is 72.9 Å². The molecule has 2 unspecified atom stereocenters. The van der Waals surface area contributed by atoms with Gasteiger partial charge in [-0.15, -0.1) is 22.7 Å². The molecule has 0 saturated heterocycles. The molecule has 3 heteroatoms. The molecule has 4 rings (SSSR count). The maximum atomic E-state index is 2.62. The van der Waals surface area contributed by atoms with E-state index in [2.05, 4.69) is 63.7 Å². The molecule has 0 radical (unpaired) electrons. The fourth-order valence-electron chi connectivity index (χ4n) is 5.04. The molecule has 0 aliphatic heterocycles. The maximum Gasteiger partial charge on any atom is 0.0723 e. The van der Waals surface area contributed by atoms with Crippen LogP contribution in [0, 0.1) is 0 Å². The van der Waals surface area contributed by atoms with Gasteiger partial charge in [-0.1, -0.05) is 24.2 Å². The fraction of sp³-hybridized carbons (Fsp3) is 0.400. The molecule has 2 aliphatic rings. The second-order valence-electron chi connectivity index (χ2n) is 7.71. The molecule has 120 valence electrons. The SMILES string of the molecule is CC1=C(C)C([Si](C)(C)C2C(C)=C(C)c3sccc32)c2ccsc21. The van der Waals surface area contributed by atoms with Crippen LogP contribution in [0.4, 0.5) is 0 Å². The van der Waals surface area contributed by atoms with Crippen molar-refractivity contribution in [3.8, 4) is 0 Å². The summed E-state index contributed by atoms with van der Waals surface area (Å²) in [6, 6.07) is 4.80. The molecule has 23 heavy (non-hydrogen) atoms. The first kappa shape index (κ1) is 15.6.